The van der Waals surface area contributed by atoms with Gasteiger partial charge in [-0.3, -0.25) is 19.2 Å². The Kier molecular flexibility index (Phi) is 66.5. The number of ether oxygens (including phenoxy) is 10. The predicted molar refractivity (Wildman–Crippen MR) is 368 cm³/mol. The Bertz CT molecular complexity index is 1670. The highest BCUT2D eigenvalue weighted by atomic mass is 16.7. The molecule has 534 valence electrons. The van der Waals surface area contributed by atoms with E-state index in [-0.39, 0.29) is 83.9 Å². The Balaban J connectivity index is 6.05. The van der Waals surface area contributed by atoms with Crippen molar-refractivity contribution >= 4 is 30.0 Å². The summed E-state index contributed by atoms with van der Waals surface area (Å²) in [4.78, 5) is 67.9. The van der Waals surface area contributed by atoms with Gasteiger partial charge in [0.25, 0.3) is 0 Å². The third-order valence-corrected chi connectivity index (χ3v) is 16.2. The molecule has 91 heavy (non-hydrogen) atoms. The third kappa shape index (κ3) is 62.3. The van der Waals surface area contributed by atoms with Crippen molar-refractivity contribution in [3.05, 3.63) is 24.3 Å². The minimum absolute atomic E-state index is 0.0270. The van der Waals surface area contributed by atoms with E-state index in [1.807, 2.05) is 0 Å². The molecule has 0 bridgehead atoms. The first-order chi connectivity index (χ1) is 44.5. The van der Waals surface area contributed by atoms with Crippen molar-refractivity contribution in [3.8, 4) is 0 Å². The van der Waals surface area contributed by atoms with Crippen LogP contribution in [0.25, 0.3) is 0 Å². The standard InChI is InChI=1S/C75H139NO15/c1-8-15-20-25-30-31-32-33-34-35-36-37-38-40-45-51-69(77)86-61-67(62-88-71(79)52-54-73(82-57-46-41-27-22-17-10-3)83-58-47-42-28-23-18-11-4)65-90-74(84-59-48-43-29-24-19-12-5)55-53-72(80)89-64-68(63-87-70(78)50-44-39-26-21-16-9-2)66-91-75(81)85-60-49-56-76(13-6)14-7/h30-31,33-34,67-68,73-74H,8-29,32,35-66H2,1-7H3/b31-30-,34-33-. The van der Waals surface area contributed by atoms with Gasteiger partial charge in [-0.2, -0.15) is 0 Å². The van der Waals surface area contributed by atoms with E-state index in [1.165, 1.54) is 83.5 Å². The number of rotatable bonds is 70. The molecule has 0 radical (unpaired) electrons. The molecular formula is C75H139NO15. The van der Waals surface area contributed by atoms with Crippen LogP contribution >= 0.6 is 0 Å². The molecule has 0 aromatic heterocycles. The van der Waals surface area contributed by atoms with E-state index in [9.17, 15) is 24.0 Å². The van der Waals surface area contributed by atoms with Gasteiger partial charge in [-0.05, 0) is 83.7 Å². The number of esters is 4. The second kappa shape index (κ2) is 69.3. The summed E-state index contributed by atoms with van der Waals surface area (Å²) < 4.78 is 59.0. The van der Waals surface area contributed by atoms with E-state index in [0.29, 0.717) is 39.1 Å². The average molecular weight is 1290 g/mol. The molecule has 0 aliphatic carbocycles. The molecule has 0 fully saturated rings. The van der Waals surface area contributed by atoms with Gasteiger partial charge in [0, 0.05) is 52.0 Å². The second-order valence-electron chi connectivity index (χ2n) is 24.9. The lowest BCUT2D eigenvalue weighted by Crippen LogP contribution is -2.30. The summed E-state index contributed by atoms with van der Waals surface area (Å²) in [7, 11) is 0. The number of carbonyl (C=O) groups is 5. The van der Waals surface area contributed by atoms with Gasteiger partial charge in [0.15, 0.2) is 12.6 Å². The zero-order valence-electron chi connectivity index (χ0n) is 59.6. The van der Waals surface area contributed by atoms with Crippen molar-refractivity contribution in [2.45, 2.75) is 331 Å². The molecule has 0 aliphatic heterocycles. The van der Waals surface area contributed by atoms with E-state index in [0.717, 1.165) is 161 Å². The Labute approximate surface area is 556 Å². The Morgan fingerprint density at radius 3 is 1.05 bits per heavy atom. The van der Waals surface area contributed by atoms with E-state index < -0.39 is 42.5 Å². The second-order valence-corrected chi connectivity index (χ2v) is 24.9. The number of hydrogen-bond donors (Lipinski definition) is 0. The van der Waals surface area contributed by atoms with Crippen molar-refractivity contribution in [1.29, 1.82) is 0 Å². The maximum atomic E-state index is 13.5. The molecule has 0 aromatic carbocycles. The fraction of sp³-hybridized carbons (Fsp3) is 0.880. The molecule has 3 unspecified atom stereocenters. The van der Waals surface area contributed by atoms with Crippen molar-refractivity contribution < 1.29 is 71.3 Å². The van der Waals surface area contributed by atoms with Crippen LogP contribution in [-0.2, 0) is 66.5 Å². The predicted octanol–water partition coefficient (Wildman–Crippen LogP) is 19.2. The van der Waals surface area contributed by atoms with Gasteiger partial charge in [0.1, 0.15) is 19.8 Å². The highest BCUT2D eigenvalue weighted by Crippen LogP contribution is 2.18. The van der Waals surface area contributed by atoms with Crippen LogP contribution < -0.4 is 0 Å². The van der Waals surface area contributed by atoms with Crippen LogP contribution in [0, 0.1) is 11.8 Å². The van der Waals surface area contributed by atoms with Gasteiger partial charge < -0.3 is 52.3 Å². The van der Waals surface area contributed by atoms with Gasteiger partial charge in [-0.25, -0.2) is 4.79 Å². The maximum Gasteiger partial charge on any atom is 0.508 e. The Morgan fingerprint density at radius 1 is 0.308 bits per heavy atom. The molecule has 0 aromatic rings. The molecule has 0 heterocycles. The fourth-order valence-electron chi connectivity index (χ4n) is 10.2. The highest BCUT2D eigenvalue weighted by molar-refractivity contribution is 5.70. The van der Waals surface area contributed by atoms with Gasteiger partial charge in [-0.15, -0.1) is 0 Å². The monoisotopic (exact) mass is 1290 g/mol. The summed E-state index contributed by atoms with van der Waals surface area (Å²) >= 11 is 0. The summed E-state index contributed by atoms with van der Waals surface area (Å²) in [5.41, 5.74) is 0. The summed E-state index contributed by atoms with van der Waals surface area (Å²) in [6.07, 6.45) is 46.9. The molecular weight excluding hydrogens is 1150 g/mol. The largest absolute Gasteiger partial charge is 0.508 e. The molecule has 3 atom stereocenters. The van der Waals surface area contributed by atoms with Crippen LogP contribution in [0.2, 0.25) is 0 Å². The topological polar surface area (TPSA) is 181 Å². The zero-order valence-corrected chi connectivity index (χ0v) is 59.6. The molecule has 0 rings (SSSR count). The fourth-order valence-corrected chi connectivity index (χ4v) is 10.2. The molecule has 0 saturated carbocycles. The first-order valence-corrected chi connectivity index (χ1v) is 37.5. The summed E-state index contributed by atoms with van der Waals surface area (Å²) in [5, 5.41) is 0. The van der Waals surface area contributed by atoms with E-state index in [4.69, 9.17) is 47.4 Å². The van der Waals surface area contributed by atoms with Crippen LogP contribution in [0.1, 0.15) is 318 Å². The lowest BCUT2D eigenvalue weighted by atomic mass is 10.1. The minimum Gasteiger partial charge on any atom is -0.465 e. The van der Waals surface area contributed by atoms with Crippen molar-refractivity contribution in [2.75, 3.05) is 85.7 Å². The zero-order chi connectivity index (χ0) is 66.6. The number of nitrogens with zero attached hydrogens (tertiary/aromatic N) is 1. The van der Waals surface area contributed by atoms with Gasteiger partial charge in [0.05, 0.1) is 51.1 Å². The molecule has 0 aliphatic rings. The van der Waals surface area contributed by atoms with Gasteiger partial charge >= 0.3 is 30.0 Å². The van der Waals surface area contributed by atoms with Gasteiger partial charge in [-0.1, -0.05) is 233 Å². The van der Waals surface area contributed by atoms with E-state index in [1.54, 1.807) is 0 Å². The molecule has 0 N–H and O–H groups in total. The van der Waals surface area contributed by atoms with Gasteiger partial charge in [0.2, 0.25) is 0 Å². The quantitative estimate of drug-likeness (QED) is 0.0184. The highest BCUT2D eigenvalue weighted by Gasteiger charge is 2.23. The first-order valence-electron chi connectivity index (χ1n) is 37.5. The van der Waals surface area contributed by atoms with E-state index in [2.05, 4.69) is 77.7 Å². The average Bonchev–Trinajstić information content (AvgIpc) is 3.72. The van der Waals surface area contributed by atoms with Crippen molar-refractivity contribution in [2.24, 2.45) is 11.8 Å². The van der Waals surface area contributed by atoms with E-state index >= 15 is 0 Å². The third-order valence-electron chi connectivity index (χ3n) is 16.2. The van der Waals surface area contributed by atoms with Crippen LogP contribution in [0.5, 0.6) is 0 Å². The molecule has 0 amide bonds. The van der Waals surface area contributed by atoms with Crippen LogP contribution in [0.4, 0.5) is 4.79 Å². The minimum atomic E-state index is -0.836. The normalized spacial score (nSPS) is 12.7. The Morgan fingerprint density at radius 2 is 0.637 bits per heavy atom. The smallest absolute Gasteiger partial charge is 0.465 e. The van der Waals surface area contributed by atoms with Crippen LogP contribution in [0.3, 0.4) is 0 Å². The lowest BCUT2D eigenvalue weighted by molar-refractivity contribution is -0.174. The number of allylic oxidation sites excluding steroid dienone is 4. The lowest BCUT2D eigenvalue weighted by Gasteiger charge is -2.23. The Hall–Kier alpha value is -3.57. The molecule has 0 saturated heterocycles. The van der Waals surface area contributed by atoms with Crippen LogP contribution in [0.15, 0.2) is 24.3 Å². The summed E-state index contributed by atoms with van der Waals surface area (Å²) in [6, 6.07) is 0. The number of unbranched alkanes of at least 4 members (excludes halogenated alkanes) is 28. The first kappa shape index (κ1) is 87.4. The number of carbonyl (C=O) groups excluding carboxylic acids is 5. The van der Waals surface area contributed by atoms with Crippen LogP contribution in [-0.4, -0.2) is 133 Å². The van der Waals surface area contributed by atoms with Crippen molar-refractivity contribution in [3.63, 3.8) is 0 Å². The van der Waals surface area contributed by atoms with Crippen molar-refractivity contribution in [1.82, 2.24) is 4.90 Å². The molecule has 0 spiro atoms. The molecule has 16 nitrogen and oxygen atoms in total. The molecule has 16 heteroatoms. The number of hydrogen-bond acceptors (Lipinski definition) is 16. The maximum absolute atomic E-state index is 13.5. The summed E-state index contributed by atoms with van der Waals surface area (Å²) in [5.74, 6) is -2.75. The summed E-state index contributed by atoms with van der Waals surface area (Å²) in [6.45, 7) is 19.1. The SMILES string of the molecule is CCCCC/C=C\C/C=C\CCCCCCCC(=O)OCC(COC(=O)CCC(OCCCCCCCC)OCCCCCCCC)COC(CCC(=O)OCC(COC(=O)CCCCCCCC)COC(=O)OCCCN(CC)CC)OCCCCCCCC.